The van der Waals surface area contributed by atoms with Crippen molar-refractivity contribution in [1.29, 1.82) is 0 Å². The van der Waals surface area contributed by atoms with Crippen LogP contribution >= 0.6 is 11.3 Å². The first-order valence-electron chi connectivity index (χ1n) is 9.06. The molecule has 1 aromatic rings. The highest BCUT2D eigenvalue weighted by atomic mass is 32.1. The molecule has 0 unspecified atom stereocenters. The van der Waals surface area contributed by atoms with Crippen LogP contribution in [0, 0.1) is 5.92 Å². The molecule has 2 N–H and O–H groups in total. The summed E-state index contributed by atoms with van der Waals surface area (Å²) in [6.07, 6.45) is -2.33. The third kappa shape index (κ3) is 6.75. The van der Waals surface area contributed by atoms with Crippen molar-refractivity contribution in [2.75, 3.05) is 26.2 Å². The SMILES string of the molecule is CCNC(=NCc1nc(C(F)(F)F)cs1)NC1CCN(CC(C)C)CC1. The molecule has 2 rings (SSSR count). The Morgan fingerprint density at radius 2 is 2.08 bits per heavy atom. The minimum absolute atomic E-state index is 0.141. The maximum absolute atomic E-state index is 12.6. The second-order valence-corrected chi connectivity index (χ2v) is 7.88. The van der Waals surface area contributed by atoms with Gasteiger partial charge < -0.3 is 15.5 Å². The Morgan fingerprint density at radius 1 is 1.38 bits per heavy atom. The van der Waals surface area contributed by atoms with Crippen LogP contribution in [0.2, 0.25) is 0 Å². The van der Waals surface area contributed by atoms with E-state index in [0.29, 0.717) is 29.5 Å². The first kappa shape index (κ1) is 21.0. The molecule has 0 aliphatic carbocycles. The predicted octanol–water partition coefficient (Wildman–Crippen LogP) is 3.34. The van der Waals surface area contributed by atoms with Crippen LogP contribution in [0.5, 0.6) is 0 Å². The Morgan fingerprint density at radius 3 is 2.62 bits per heavy atom. The fourth-order valence-corrected chi connectivity index (χ4v) is 3.67. The quantitative estimate of drug-likeness (QED) is 0.577. The van der Waals surface area contributed by atoms with E-state index in [9.17, 15) is 13.2 Å². The molecule has 1 saturated heterocycles. The average Bonchev–Trinajstić information content (AvgIpc) is 3.03. The van der Waals surface area contributed by atoms with E-state index in [2.05, 4.69) is 39.4 Å². The fourth-order valence-electron chi connectivity index (χ4n) is 2.95. The van der Waals surface area contributed by atoms with E-state index in [0.717, 1.165) is 49.2 Å². The van der Waals surface area contributed by atoms with Crippen molar-refractivity contribution < 1.29 is 13.2 Å². The maximum Gasteiger partial charge on any atom is 0.434 e. The van der Waals surface area contributed by atoms with Crippen molar-refractivity contribution in [3.63, 3.8) is 0 Å². The Labute approximate surface area is 157 Å². The van der Waals surface area contributed by atoms with Gasteiger partial charge in [0.15, 0.2) is 11.7 Å². The topological polar surface area (TPSA) is 52.6 Å². The van der Waals surface area contributed by atoms with E-state index in [1.165, 1.54) is 0 Å². The van der Waals surface area contributed by atoms with Gasteiger partial charge in [0.2, 0.25) is 0 Å². The zero-order chi connectivity index (χ0) is 19.2. The van der Waals surface area contributed by atoms with Crippen molar-refractivity contribution in [2.45, 2.75) is 52.4 Å². The van der Waals surface area contributed by atoms with Gasteiger partial charge in [-0.1, -0.05) is 13.8 Å². The number of piperidine rings is 1. The molecule has 0 radical (unpaired) electrons. The summed E-state index contributed by atoms with van der Waals surface area (Å²) in [4.78, 5) is 10.5. The Hall–Kier alpha value is -1.35. The van der Waals surface area contributed by atoms with Gasteiger partial charge in [0.1, 0.15) is 5.01 Å². The number of nitrogens with zero attached hydrogens (tertiary/aromatic N) is 3. The van der Waals surface area contributed by atoms with E-state index in [4.69, 9.17) is 0 Å². The number of thiazole rings is 1. The molecule has 148 valence electrons. The van der Waals surface area contributed by atoms with Gasteiger partial charge in [0, 0.05) is 37.6 Å². The number of likely N-dealkylation sites (tertiary alicyclic amines) is 1. The third-order valence-electron chi connectivity index (χ3n) is 4.11. The van der Waals surface area contributed by atoms with Crippen molar-refractivity contribution in [2.24, 2.45) is 10.9 Å². The second kappa shape index (κ2) is 9.55. The molecule has 2 heterocycles. The number of hydrogen-bond donors (Lipinski definition) is 2. The molecule has 0 aromatic carbocycles. The van der Waals surface area contributed by atoms with Crippen LogP contribution in [0.3, 0.4) is 0 Å². The first-order chi connectivity index (χ1) is 12.3. The van der Waals surface area contributed by atoms with Gasteiger partial charge in [-0.3, -0.25) is 0 Å². The van der Waals surface area contributed by atoms with Crippen molar-refractivity contribution in [3.05, 3.63) is 16.1 Å². The van der Waals surface area contributed by atoms with E-state index in [1.807, 2.05) is 6.92 Å². The molecule has 0 atom stereocenters. The van der Waals surface area contributed by atoms with Crippen LogP contribution in [-0.2, 0) is 12.7 Å². The number of nitrogens with one attached hydrogen (secondary N) is 2. The molecule has 1 fully saturated rings. The van der Waals surface area contributed by atoms with Crippen molar-refractivity contribution >= 4 is 17.3 Å². The predicted molar refractivity (Wildman–Crippen MR) is 99.4 cm³/mol. The highest BCUT2D eigenvalue weighted by Crippen LogP contribution is 2.30. The van der Waals surface area contributed by atoms with Gasteiger partial charge in [-0.05, 0) is 25.7 Å². The van der Waals surface area contributed by atoms with Crippen LogP contribution in [0.25, 0.3) is 0 Å². The lowest BCUT2D eigenvalue weighted by atomic mass is 10.0. The Kier molecular flexibility index (Phi) is 7.69. The molecule has 1 aliphatic heterocycles. The smallest absolute Gasteiger partial charge is 0.357 e. The van der Waals surface area contributed by atoms with E-state index in [1.54, 1.807) is 0 Å². The summed E-state index contributed by atoms with van der Waals surface area (Å²) < 4.78 is 37.9. The summed E-state index contributed by atoms with van der Waals surface area (Å²) in [6.45, 7) is 10.5. The van der Waals surface area contributed by atoms with Crippen LogP contribution in [0.4, 0.5) is 13.2 Å². The summed E-state index contributed by atoms with van der Waals surface area (Å²) in [7, 11) is 0. The van der Waals surface area contributed by atoms with E-state index >= 15 is 0 Å². The largest absolute Gasteiger partial charge is 0.434 e. The highest BCUT2D eigenvalue weighted by Gasteiger charge is 2.33. The third-order valence-corrected chi connectivity index (χ3v) is 4.94. The van der Waals surface area contributed by atoms with Gasteiger partial charge >= 0.3 is 6.18 Å². The number of guanidine groups is 1. The first-order valence-corrected chi connectivity index (χ1v) is 9.94. The number of alkyl halides is 3. The number of hydrogen-bond acceptors (Lipinski definition) is 4. The molecule has 1 aliphatic rings. The molecule has 1 aromatic heterocycles. The standard InChI is InChI=1S/C17H28F3N5S/c1-4-21-16(22-9-15-24-14(11-26-15)17(18,19)20)23-13-5-7-25(8-6-13)10-12(2)3/h11-13H,4-10H2,1-3H3,(H2,21,22,23). The molecular weight excluding hydrogens is 363 g/mol. The lowest BCUT2D eigenvalue weighted by Crippen LogP contribution is -2.49. The maximum atomic E-state index is 12.6. The summed E-state index contributed by atoms with van der Waals surface area (Å²) in [5.41, 5.74) is -0.844. The minimum atomic E-state index is -4.40. The zero-order valence-electron chi connectivity index (χ0n) is 15.6. The van der Waals surface area contributed by atoms with E-state index in [-0.39, 0.29) is 6.54 Å². The summed E-state index contributed by atoms with van der Waals surface area (Å²) in [6, 6.07) is 0.332. The lowest BCUT2D eigenvalue weighted by molar-refractivity contribution is -0.140. The van der Waals surface area contributed by atoms with Gasteiger partial charge in [0.25, 0.3) is 0 Å². The molecule has 5 nitrogen and oxygen atoms in total. The monoisotopic (exact) mass is 391 g/mol. The van der Waals surface area contributed by atoms with Gasteiger partial charge in [-0.2, -0.15) is 13.2 Å². The molecule has 9 heteroatoms. The molecule has 0 amide bonds. The molecule has 0 saturated carbocycles. The van der Waals surface area contributed by atoms with Gasteiger partial charge in [0.05, 0.1) is 6.54 Å². The Balaban J connectivity index is 1.88. The molecule has 0 bridgehead atoms. The van der Waals surface area contributed by atoms with Crippen molar-refractivity contribution in [1.82, 2.24) is 20.5 Å². The number of halogens is 3. The highest BCUT2D eigenvalue weighted by molar-refractivity contribution is 7.09. The normalized spacial score (nSPS) is 17.7. The second-order valence-electron chi connectivity index (χ2n) is 6.93. The van der Waals surface area contributed by atoms with Gasteiger partial charge in [-0.25, -0.2) is 9.98 Å². The number of rotatable bonds is 6. The zero-order valence-corrected chi connectivity index (χ0v) is 16.4. The molecule has 0 spiro atoms. The fraction of sp³-hybridized carbons (Fsp3) is 0.765. The van der Waals surface area contributed by atoms with Gasteiger partial charge in [-0.15, -0.1) is 11.3 Å². The Bertz CT molecular complexity index is 577. The van der Waals surface area contributed by atoms with Crippen LogP contribution < -0.4 is 10.6 Å². The lowest BCUT2D eigenvalue weighted by Gasteiger charge is -2.34. The average molecular weight is 392 g/mol. The van der Waals surface area contributed by atoms with Crippen LogP contribution in [-0.4, -0.2) is 48.1 Å². The van der Waals surface area contributed by atoms with E-state index < -0.39 is 11.9 Å². The summed E-state index contributed by atoms with van der Waals surface area (Å²) in [5, 5.41) is 7.97. The summed E-state index contributed by atoms with van der Waals surface area (Å²) in [5.74, 6) is 1.30. The molecule has 26 heavy (non-hydrogen) atoms. The number of aromatic nitrogens is 1. The minimum Gasteiger partial charge on any atom is -0.357 e. The van der Waals surface area contributed by atoms with Crippen LogP contribution in [0.1, 0.15) is 44.3 Å². The number of aliphatic imine (C=N–C) groups is 1. The van der Waals surface area contributed by atoms with Crippen LogP contribution in [0.15, 0.2) is 10.4 Å². The summed E-state index contributed by atoms with van der Waals surface area (Å²) >= 11 is 0.988. The molecular formula is C17H28F3N5S. The van der Waals surface area contributed by atoms with Crippen molar-refractivity contribution in [3.8, 4) is 0 Å².